The Morgan fingerprint density at radius 1 is 1.44 bits per heavy atom. The van der Waals surface area contributed by atoms with Crippen LogP contribution in [0.2, 0.25) is 0 Å². The number of aliphatic hydroxyl groups excluding tert-OH is 1. The van der Waals surface area contributed by atoms with Crippen LogP contribution in [0.4, 0.5) is 11.4 Å². The molecule has 1 rings (SSSR count). The molecule has 1 aromatic rings. The van der Waals surface area contributed by atoms with Crippen molar-refractivity contribution >= 4 is 11.4 Å². The molecule has 0 amide bonds. The topological polar surface area (TPSA) is 84.6 Å². The third kappa shape index (κ3) is 4.68. The molecule has 0 aliphatic rings. The highest BCUT2D eigenvalue weighted by Crippen LogP contribution is 2.21. The molecule has 0 bridgehead atoms. The summed E-state index contributed by atoms with van der Waals surface area (Å²) in [5.74, 6) is 0. The lowest BCUT2D eigenvalue weighted by Gasteiger charge is -2.07. The Kier molecular flexibility index (Phi) is 6.10. The second-order valence-corrected chi connectivity index (χ2v) is 3.87. The monoisotopic (exact) mass is 254 g/mol. The summed E-state index contributed by atoms with van der Waals surface area (Å²) in [6.07, 6.45) is 0.816. The molecule has 6 heteroatoms. The molecular formula is C12H18N2O4. The molecule has 0 saturated heterocycles. The van der Waals surface area contributed by atoms with E-state index in [0.717, 1.165) is 18.7 Å². The molecule has 0 aromatic heterocycles. The fraction of sp³-hybridized carbons (Fsp3) is 0.500. The molecule has 1 aromatic carbocycles. The fourth-order valence-corrected chi connectivity index (χ4v) is 1.54. The van der Waals surface area contributed by atoms with Gasteiger partial charge in [0.1, 0.15) is 0 Å². The molecule has 0 heterocycles. The molecule has 0 saturated carbocycles. The lowest BCUT2D eigenvalue weighted by molar-refractivity contribution is -0.385. The number of anilines is 1. The standard InChI is InChI=1S/C12H18N2O4/c1-10-9-11(3-4-12(10)14(16)17)13-5-2-7-18-8-6-15/h3-4,9,13,15H,2,5-8H2,1H3. The van der Waals surface area contributed by atoms with Gasteiger partial charge in [-0.15, -0.1) is 0 Å². The van der Waals surface area contributed by atoms with E-state index in [-0.39, 0.29) is 17.2 Å². The van der Waals surface area contributed by atoms with Gasteiger partial charge in [-0.25, -0.2) is 0 Å². The number of aliphatic hydroxyl groups is 1. The maximum atomic E-state index is 10.6. The first-order chi connectivity index (χ1) is 8.65. The van der Waals surface area contributed by atoms with Gasteiger partial charge in [-0.05, 0) is 25.5 Å². The second kappa shape index (κ2) is 7.62. The van der Waals surface area contributed by atoms with E-state index in [2.05, 4.69) is 5.32 Å². The number of benzene rings is 1. The zero-order chi connectivity index (χ0) is 13.4. The second-order valence-electron chi connectivity index (χ2n) is 3.87. The number of hydrogen-bond acceptors (Lipinski definition) is 5. The van der Waals surface area contributed by atoms with Crippen molar-refractivity contribution in [2.75, 3.05) is 31.7 Å². The van der Waals surface area contributed by atoms with E-state index < -0.39 is 0 Å². The molecule has 6 nitrogen and oxygen atoms in total. The van der Waals surface area contributed by atoms with Crippen LogP contribution in [0, 0.1) is 17.0 Å². The van der Waals surface area contributed by atoms with E-state index in [1.807, 2.05) is 0 Å². The van der Waals surface area contributed by atoms with Gasteiger partial charge >= 0.3 is 0 Å². The Morgan fingerprint density at radius 2 is 2.22 bits per heavy atom. The SMILES string of the molecule is Cc1cc(NCCCOCCO)ccc1[N+](=O)[O-]. The van der Waals surface area contributed by atoms with Crippen LogP contribution in [0.15, 0.2) is 18.2 Å². The maximum absolute atomic E-state index is 10.6. The van der Waals surface area contributed by atoms with Gasteiger partial charge in [0.15, 0.2) is 0 Å². The highest BCUT2D eigenvalue weighted by atomic mass is 16.6. The Balaban J connectivity index is 2.35. The van der Waals surface area contributed by atoms with Gasteiger partial charge < -0.3 is 15.2 Å². The molecule has 2 N–H and O–H groups in total. The molecule has 18 heavy (non-hydrogen) atoms. The van der Waals surface area contributed by atoms with Crippen LogP contribution in [-0.4, -0.2) is 36.4 Å². The third-order valence-corrected chi connectivity index (χ3v) is 2.42. The molecule has 0 atom stereocenters. The smallest absolute Gasteiger partial charge is 0.272 e. The lowest BCUT2D eigenvalue weighted by Crippen LogP contribution is -2.07. The number of nitrogens with one attached hydrogen (secondary N) is 1. The summed E-state index contributed by atoms with van der Waals surface area (Å²) in [6.45, 7) is 3.42. The minimum Gasteiger partial charge on any atom is -0.394 e. The Morgan fingerprint density at radius 3 is 2.83 bits per heavy atom. The molecule has 0 unspecified atom stereocenters. The van der Waals surface area contributed by atoms with Crippen LogP contribution in [0.5, 0.6) is 0 Å². The number of nitro benzene ring substituents is 1. The summed E-state index contributed by atoms with van der Waals surface area (Å²) in [5, 5.41) is 22.3. The van der Waals surface area contributed by atoms with Gasteiger partial charge in [0.25, 0.3) is 5.69 Å². The molecule has 0 fully saturated rings. The van der Waals surface area contributed by atoms with Crippen molar-refractivity contribution in [3.8, 4) is 0 Å². The van der Waals surface area contributed by atoms with E-state index in [0.29, 0.717) is 18.8 Å². The molecule has 100 valence electrons. The number of rotatable bonds is 8. The summed E-state index contributed by atoms with van der Waals surface area (Å²) in [6, 6.07) is 4.95. The normalized spacial score (nSPS) is 10.3. The largest absolute Gasteiger partial charge is 0.394 e. The first-order valence-corrected chi connectivity index (χ1v) is 5.82. The van der Waals surface area contributed by atoms with Gasteiger partial charge in [0.05, 0.1) is 18.1 Å². The zero-order valence-corrected chi connectivity index (χ0v) is 10.4. The lowest BCUT2D eigenvalue weighted by atomic mass is 10.2. The van der Waals surface area contributed by atoms with Crippen molar-refractivity contribution in [2.45, 2.75) is 13.3 Å². The summed E-state index contributed by atoms with van der Waals surface area (Å²) >= 11 is 0. The van der Waals surface area contributed by atoms with Crippen molar-refractivity contribution in [1.29, 1.82) is 0 Å². The Hall–Kier alpha value is -1.66. The van der Waals surface area contributed by atoms with Crippen molar-refractivity contribution in [3.05, 3.63) is 33.9 Å². The first kappa shape index (κ1) is 14.4. The van der Waals surface area contributed by atoms with E-state index in [9.17, 15) is 10.1 Å². The minimum absolute atomic E-state index is 0.0367. The van der Waals surface area contributed by atoms with Crippen LogP contribution < -0.4 is 5.32 Å². The van der Waals surface area contributed by atoms with Gasteiger partial charge in [0.2, 0.25) is 0 Å². The molecule has 0 radical (unpaired) electrons. The van der Waals surface area contributed by atoms with Gasteiger partial charge in [-0.1, -0.05) is 0 Å². The van der Waals surface area contributed by atoms with Crippen LogP contribution in [-0.2, 0) is 4.74 Å². The van der Waals surface area contributed by atoms with Crippen LogP contribution in [0.1, 0.15) is 12.0 Å². The highest BCUT2D eigenvalue weighted by Gasteiger charge is 2.09. The molecule has 0 aliphatic heterocycles. The number of aryl methyl sites for hydroxylation is 1. The van der Waals surface area contributed by atoms with Crippen LogP contribution in [0.3, 0.4) is 0 Å². The average molecular weight is 254 g/mol. The van der Waals surface area contributed by atoms with E-state index in [4.69, 9.17) is 9.84 Å². The van der Waals surface area contributed by atoms with E-state index in [1.165, 1.54) is 6.07 Å². The van der Waals surface area contributed by atoms with Crippen LogP contribution in [0.25, 0.3) is 0 Å². The van der Waals surface area contributed by atoms with Crippen molar-refractivity contribution in [1.82, 2.24) is 0 Å². The summed E-state index contributed by atoms with van der Waals surface area (Å²) in [5.41, 5.74) is 1.63. The van der Waals surface area contributed by atoms with Crippen molar-refractivity contribution < 1.29 is 14.8 Å². The van der Waals surface area contributed by atoms with Crippen molar-refractivity contribution in [2.24, 2.45) is 0 Å². The summed E-state index contributed by atoms with van der Waals surface area (Å²) in [4.78, 5) is 10.3. The number of ether oxygens (including phenoxy) is 1. The predicted molar refractivity (Wildman–Crippen MR) is 68.8 cm³/mol. The predicted octanol–water partition coefficient (Wildman–Crippen LogP) is 1.71. The fourth-order valence-electron chi connectivity index (χ4n) is 1.54. The molecule has 0 aliphatic carbocycles. The van der Waals surface area contributed by atoms with Gasteiger partial charge in [-0.3, -0.25) is 10.1 Å². The average Bonchev–Trinajstić information content (AvgIpc) is 2.33. The summed E-state index contributed by atoms with van der Waals surface area (Å²) < 4.78 is 5.12. The summed E-state index contributed by atoms with van der Waals surface area (Å²) in [7, 11) is 0. The Bertz CT molecular complexity index is 396. The number of nitro groups is 1. The van der Waals surface area contributed by atoms with Crippen molar-refractivity contribution in [3.63, 3.8) is 0 Å². The van der Waals surface area contributed by atoms with E-state index >= 15 is 0 Å². The zero-order valence-electron chi connectivity index (χ0n) is 10.4. The number of hydrogen-bond donors (Lipinski definition) is 2. The van der Waals surface area contributed by atoms with Gasteiger partial charge in [0, 0.05) is 30.5 Å². The highest BCUT2D eigenvalue weighted by molar-refractivity contribution is 5.53. The molecule has 0 spiro atoms. The first-order valence-electron chi connectivity index (χ1n) is 5.82. The molecular weight excluding hydrogens is 236 g/mol. The minimum atomic E-state index is -0.387. The van der Waals surface area contributed by atoms with E-state index in [1.54, 1.807) is 19.1 Å². The number of nitrogens with zero attached hydrogens (tertiary/aromatic N) is 1. The third-order valence-electron chi connectivity index (χ3n) is 2.42. The van der Waals surface area contributed by atoms with Gasteiger partial charge in [-0.2, -0.15) is 0 Å². The quantitative estimate of drug-likeness (QED) is 0.419. The maximum Gasteiger partial charge on any atom is 0.272 e. The van der Waals surface area contributed by atoms with Crippen LogP contribution >= 0.6 is 0 Å². The Labute approximate surface area is 106 Å².